The van der Waals surface area contributed by atoms with Gasteiger partial charge < -0.3 is 15.0 Å². The maximum atomic E-state index is 13.5. The minimum absolute atomic E-state index is 0.133. The van der Waals surface area contributed by atoms with Crippen LogP contribution in [-0.2, 0) is 6.61 Å². The topological polar surface area (TPSA) is 54.5 Å². The van der Waals surface area contributed by atoms with Gasteiger partial charge in [-0.05, 0) is 67.6 Å². The van der Waals surface area contributed by atoms with Crippen LogP contribution in [0.4, 0.5) is 14.5 Å². The molecular formula is C26H27F2N3O2. The highest BCUT2D eigenvalue weighted by atomic mass is 19.2. The van der Waals surface area contributed by atoms with Crippen LogP contribution < -0.4 is 15.0 Å². The van der Waals surface area contributed by atoms with Crippen molar-refractivity contribution in [2.75, 3.05) is 24.5 Å². The van der Waals surface area contributed by atoms with E-state index in [0.29, 0.717) is 30.9 Å². The molecule has 1 amide bonds. The first-order chi connectivity index (χ1) is 15.9. The molecule has 1 N–H and O–H groups in total. The maximum Gasteiger partial charge on any atom is 0.251 e. The fraction of sp³-hybridized carbons (Fsp3) is 0.308. The average Bonchev–Trinajstić information content (AvgIpc) is 3.28. The van der Waals surface area contributed by atoms with Crippen LogP contribution in [0.3, 0.4) is 0 Å². The molecule has 33 heavy (non-hydrogen) atoms. The number of carbonyl (C=O) groups is 1. The number of nitrogens with one attached hydrogen (secondary N) is 1. The fourth-order valence-electron chi connectivity index (χ4n) is 4.20. The van der Waals surface area contributed by atoms with Crippen LogP contribution in [0.15, 0.2) is 54.9 Å². The monoisotopic (exact) mass is 451 g/mol. The first-order valence-corrected chi connectivity index (χ1v) is 11.0. The molecule has 1 saturated heterocycles. The third kappa shape index (κ3) is 5.48. The summed E-state index contributed by atoms with van der Waals surface area (Å²) in [7, 11) is 0. The van der Waals surface area contributed by atoms with Crippen LogP contribution in [0.2, 0.25) is 0 Å². The van der Waals surface area contributed by atoms with E-state index in [2.05, 4.69) is 10.3 Å². The lowest BCUT2D eigenvalue weighted by Crippen LogP contribution is -2.31. The fourth-order valence-corrected chi connectivity index (χ4v) is 4.20. The minimum Gasteiger partial charge on any atom is -0.488 e. The van der Waals surface area contributed by atoms with Gasteiger partial charge in [-0.3, -0.25) is 9.78 Å². The van der Waals surface area contributed by atoms with Gasteiger partial charge in [0.25, 0.3) is 5.91 Å². The van der Waals surface area contributed by atoms with Crippen LogP contribution >= 0.6 is 0 Å². The van der Waals surface area contributed by atoms with Gasteiger partial charge in [-0.25, -0.2) is 8.78 Å². The number of hydrogen-bond acceptors (Lipinski definition) is 4. The summed E-state index contributed by atoms with van der Waals surface area (Å²) in [6.45, 7) is 6.23. The van der Waals surface area contributed by atoms with E-state index in [1.54, 1.807) is 18.5 Å². The summed E-state index contributed by atoms with van der Waals surface area (Å²) in [6, 6.07) is 11.5. The van der Waals surface area contributed by atoms with E-state index < -0.39 is 11.6 Å². The van der Waals surface area contributed by atoms with Crippen LogP contribution in [0, 0.1) is 31.4 Å². The third-order valence-electron chi connectivity index (χ3n) is 5.93. The number of pyridine rings is 1. The highest BCUT2D eigenvalue weighted by Gasteiger charge is 2.24. The van der Waals surface area contributed by atoms with Crippen molar-refractivity contribution < 1.29 is 18.3 Å². The van der Waals surface area contributed by atoms with E-state index >= 15 is 0 Å². The normalized spacial score (nSPS) is 15.5. The first-order valence-electron chi connectivity index (χ1n) is 11.0. The van der Waals surface area contributed by atoms with E-state index in [4.69, 9.17) is 4.74 Å². The highest BCUT2D eigenvalue weighted by molar-refractivity contribution is 5.94. The molecule has 7 heteroatoms. The number of amides is 1. The van der Waals surface area contributed by atoms with E-state index in [9.17, 15) is 13.6 Å². The zero-order valence-electron chi connectivity index (χ0n) is 18.8. The largest absolute Gasteiger partial charge is 0.488 e. The van der Waals surface area contributed by atoms with Gasteiger partial charge in [0, 0.05) is 54.9 Å². The van der Waals surface area contributed by atoms with Gasteiger partial charge in [0.15, 0.2) is 11.6 Å². The van der Waals surface area contributed by atoms with E-state index in [1.807, 2.05) is 43.0 Å². The van der Waals surface area contributed by atoms with E-state index in [-0.39, 0.29) is 11.8 Å². The van der Waals surface area contributed by atoms with Gasteiger partial charge in [0.1, 0.15) is 12.4 Å². The Bertz CT molecular complexity index is 1110. The molecule has 0 radical (unpaired) electrons. The Morgan fingerprint density at radius 1 is 1.15 bits per heavy atom. The van der Waals surface area contributed by atoms with Crippen LogP contribution in [0.1, 0.15) is 33.5 Å². The Labute approximate surface area is 192 Å². The summed E-state index contributed by atoms with van der Waals surface area (Å²) >= 11 is 0. The predicted octanol–water partition coefficient (Wildman–Crippen LogP) is 4.81. The molecule has 0 bridgehead atoms. The molecule has 5 nitrogen and oxygen atoms in total. The molecule has 1 aromatic heterocycles. The summed E-state index contributed by atoms with van der Waals surface area (Å²) in [5, 5.41) is 3.02. The molecule has 1 atom stereocenters. The number of hydrogen-bond donors (Lipinski definition) is 1. The van der Waals surface area contributed by atoms with Crippen LogP contribution in [-0.4, -0.2) is 30.5 Å². The number of benzene rings is 2. The Morgan fingerprint density at radius 2 is 1.94 bits per heavy atom. The molecule has 172 valence electrons. The Balaban J connectivity index is 1.32. The summed E-state index contributed by atoms with van der Waals surface area (Å²) < 4.78 is 32.7. The Hall–Kier alpha value is -3.48. The SMILES string of the molecule is Cc1cc(C(=O)NCC2CCN(c3ccc(F)c(F)c3)C2)cc(C)c1OCc1cccnc1. The second-order valence-corrected chi connectivity index (χ2v) is 8.50. The van der Waals surface area contributed by atoms with Crippen molar-refractivity contribution in [1.82, 2.24) is 10.3 Å². The van der Waals surface area contributed by atoms with E-state index in [1.165, 1.54) is 6.07 Å². The second kappa shape index (κ2) is 9.98. The molecule has 0 aliphatic carbocycles. The molecule has 1 unspecified atom stereocenters. The lowest BCUT2D eigenvalue weighted by atomic mass is 10.0. The average molecular weight is 452 g/mol. The lowest BCUT2D eigenvalue weighted by Gasteiger charge is -2.19. The molecule has 4 rings (SSSR count). The zero-order chi connectivity index (χ0) is 23.4. The number of ether oxygens (including phenoxy) is 1. The molecule has 3 aromatic rings. The smallest absolute Gasteiger partial charge is 0.251 e. The first kappa shape index (κ1) is 22.7. The summed E-state index contributed by atoms with van der Waals surface area (Å²) in [5.41, 5.74) is 4.03. The van der Waals surface area contributed by atoms with Crippen molar-refractivity contribution in [2.24, 2.45) is 5.92 Å². The Kier molecular flexibility index (Phi) is 6.87. The molecule has 0 saturated carbocycles. The van der Waals surface area contributed by atoms with Gasteiger partial charge in [-0.1, -0.05) is 6.07 Å². The minimum atomic E-state index is -0.846. The van der Waals surface area contributed by atoms with Crippen molar-refractivity contribution in [2.45, 2.75) is 26.9 Å². The number of rotatable bonds is 7. The number of anilines is 1. The molecule has 1 aliphatic heterocycles. The van der Waals surface area contributed by atoms with E-state index in [0.717, 1.165) is 41.5 Å². The summed E-state index contributed by atoms with van der Waals surface area (Å²) in [6.07, 6.45) is 4.36. The van der Waals surface area contributed by atoms with Gasteiger partial charge in [0.05, 0.1) is 0 Å². The van der Waals surface area contributed by atoms with Crippen molar-refractivity contribution in [3.63, 3.8) is 0 Å². The number of carbonyl (C=O) groups excluding carboxylic acids is 1. The maximum absolute atomic E-state index is 13.5. The van der Waals surface area contributed by atoms with Gasteiger partial charge in [0.2, 0.25) is 0 Å². The third-order valence-corrected chi connectivity index (χ3v) is 5.93. The number of halogens is 2. The van der Waals surface area contributed by atoms with Crippen LogP contribution in [0.5, 0.6) is 5.75 Å². The van der Waals surface area contributed by atoms with Crippen molar-refractivity contribution >= 4 is 11.6 Å². The van der Waals surface area contributed by atoms with Crippen molar-refractivity contribution in [1.29, 1.82) is 0 Å². The zero-order valence-corrected chi connectivity index (χ0v) is 18.8. The van der Waals surface area contributed by atoms with Gasteiger partial charge >= 0.3 is 0 Å². The highest BCUT2D eigenvalue weighted by Crippen LogP contribution is 2.27. The van der Waals surface area contributed by atoms with Gasteiger partial charge in [-0.15, -0.1) is 0 Å². The predicted molar refractivity (Wildman–Crippen MR) is 123 cm³/mol. The lowest BCUT2D eigenvalue weighted by molar-refractivity contribution is 0.0948. The molecule has 2 heterocycles. The molecule has 1 fully saturated rings. The number of aryl methyl sites for hydroxylation is 2. The molecule has 0 spiro atoms. The number of nitrogens with zero attached hydrogens (tertiary/aromatic N) is 2. The van der Waals surface area contributed by atoms with Gasteiger partial charge in [-0.2, -0.15) is 0 Å². The van der Waals surface area contributed by atoms with Crippen LogP contribution in [0.25, 0.3) is 0 Å². The molecule has 2 aromatic carbocycles. The molecular weight excluding hydrogens is 424 g/mol. The standard InChI is InChI=1S/C26H27F2N3O2/c1-17-10-21(11-18(2)25(17)33-16-20-4-3-8-29-13-20)26(32)30-14-19-7-9-31(15-19)22-5-6-23(27)24(28)12-22/h3-6,8,10-13,19H,7,9,14-16H2,1-2H3,(H,30,32). The summed E-state index contributed by atoms with van der Waals surface area (Å²) in [5.74, 6) is -0.810. The quantitative estimate of drug-likeness (QED) is 0.560. The molecule has 1 aliphatic rings. The second-order valence-electron chi connectivity index (χ2n) is 8.50. The number of aromatic nitrogens is 1. The Morgan fingerprint density at radius 3 is 2.64 bits per heavy atom. The van der Waals surface area contributed by atoms with Crippen molar-refractivity contribution in [3.8, 4) is 5.75 Å². The van der Waals surface area contributed by atoms with Crippen molar-refractivity contribution in [3.05, 3.63) is 88.7 Å². The summed E-state index contributed by atoms with van der Waals surface area (Å²) in [4.78, 5) is 18.9.